The normalized spacial score (nSPS) is 10.3. The molecule has 0 aromatic heterocycles. The first-order valence-corrected chi connectivity index (χ1v) is 8.63. The van der Waals surface area contributed by atoms with Crippen molar-refractivity contribution in [1.82, 2.24) is 16.2 Å². The predicted molar refractivity (Wildman–Crippen MR) is 107 cm³/mol. The van der Waals surface area contributed by atoms with E-state index in [2.05, 4.69) is 16.2 Å². The lowest BCUT2D eigenvalue weighted by Crippen LogP contribution is -2.46. The molecule has 3 aromatic carbocycles. The van der Waals surface area contributed by atoms with Crippen molar-refractivity contribution in [2.45, 2.75) is 6.54 Å². The van der Waals surface area contributed by atoms with Crippen LogP contribution in [0.2, 0.25) is 0 Å². The quantitative estimate of drug-likeness (QED) is 0.477. The number of hydrazine groups is 1. The topological polar surface area (TPSA) is 62.4 Å². The van der Waals surface area contributed by atoms with Gasteiger partial charge in [0.15, 0.2) is 5.11 Å². The van der Waals surface area contributed by atoms with E-state index in [4.69, 9.17) is 17.0 Å². The monoisotopic (exact) mass is 383 g/mol. The van der Waals surface area contributed by atoms with Gasteiger partial charge in [0, 0.05) is 6.54 Å². The lowest BCUT2D eigenvalue weighted by Gasteiger charge is -2.14. The Morgan fingerprint density at radius 3 is 2.37 bits per heavy atom. The zero-order valence-electron chi connectivity index (χ0n) is 14.6. The van der Waals surface area contributed by atoms with Crippen LogP contribution in [0.5, 0.6) is 5.75 Å². The molecule has 0 saturated carbocycles. The second-order valence-electron chi connectivity index (χ2n) is 5.79. The minimum atomic E-state index is -0.372. The largest absolute Gasteiger partial charge is 0.496 e. The van der Waals surface area contributed by atoms with E-state index in [1.807, 2.05) is 30.3 Å². The van der Waals surface area contributed by atoms with E-state index >= 15 is 0 Å². The summed E-state index contributed by atoms with van der Waals surface area (Å²) in [4.78, 5) is 12.5. The molecule has 0 radical (unpaired) electrons. The van der Waals surface area contributed by atoms with Gasteiger partial charge in [0.2, 0.25) is 0 Å². The first-order valence-electron chi connectivity index (χ1n) is 8.22. The molecular formula is C20H18FN3O2S. The third-order valence-electron chi connectivity index (χ3n) is 3.97. The molecule has 0 aliphatic carbocycles. The Hall–Kier alpha value is -3.19. The van der Waals surface area contributed by atoms with E-state index < -0.39 is 0 Å². The number of hydrogen-bond acceptors (Lipinski definition) is 3. The van der Waals surface area contributed by atoms with Crippen molar-refractivity contribution in [1.29, 1.82) is 0 Å². The molecule has 138 valence electrons. The zero-order chi connectivity index (χ0) is 19.2. The van der Waals surface area contributed by atoms with Gasteiger partial charge in [-0.25, -0.2) is 4.39 Å². The zero-order valence-corrected chi connectivity index (χ0v) is 15.4. The molecule has 3 aromatic rings. The van der Waals surface area contributed by atoms with Crippen LogP contribution in [0.1, 0.15) is 15.9 Å². The van der Waals surface area contributed by atoms with Crippen LogP contribution in [0.3, 0.4) is 0 Å². The van der Waals surface area contributed by atoms with Crippen LogP contribution < -0.4 is 20.9 Å². The minimum absolute atomic E-state index is 0.243. The molecule has 0 bridgehead atoms. The Morgan fingerprint density at radius 1 is 1.04 bits per heavy atom. The van der Waals surface area contributed by atoms with Crippen molar-refractivity contribution in [3.8, 4) is 5.75 Å². The molecule has 0 spiro atoms. The number of halogens is 1. The number of carbonyl (C=O) groups excluding carboxylic acids is 1. The molecule has 27 heavy (non-hydrogen) atoms. The van der Waals surface area contributed by atoms with Crippen molar-refractivity contribution in [2.24, 2.45) is 0 Å². The van der Waals surface area contributed by atoms with Crippen LogP contribution in [0, 0.1) is 5.82 Å². The molecular weight excluding hydrogens is 365 g/mol. The number of hydrogen-bond donors (Lipinski definition) is 3. The number of thiocarbonyl (C=S) groups is 1. The number of ether oxygens (including phenoxy) is 1. The van der Waals surface area contributed by atoms with Gasteiger partial charge in [-0.05, 0) is 52.8 Å². The molecule has 0 aliphatic heterocycles. The smallest absolute Gasteiger partial charge is 0.273 e. The average Bonchev–Trinajstić information content (AvgIpc) is 2.70. The van der Waals surface area contributed by atoms with E-state index in [0.717, 1.165) is 16.3 Å². The van der Waals surface area contributed by atoms with Gasteiger partial charge in [0.1, 0.15) is 11.6 Å². The summed E-state index contributed by atoms with van der Waals surface area (Å²) in [5, 5.41) is 5.09. The van der Waals surface area contributed by atoms with Gasteiger partial charge in [-0.3, -0.25) is 15.6 Å². The van der Waals surface area contributed by atoms with Crippen LogP contribution in [0.4, 0.5) is 4.39 Å². The number of rotatable bonds is 4. The minimum Gasteiger partial charge on any atom is -0.496 e. The summed E-state index contributed by atoms with van der Waals surface area (Å²) in [5.41, 5.74) is 6.46. The molecule has 1 amide bonds. The Kier molecular flexibility index (Phi) is 5.83. The highest BCUT2D eigenvalue weighted by Crippen LogP contribution is 2.25. The molecule has 0 atom stereocenters. The Bertz CT molecular complexity index is 977. The SMILES string of the molecule is COc1cc2ccccc2cc1C(=O)NNC(=S)NCc1ccc(F)cc1. The van der Waals surface area contributed by atoms with Crippen molar-refractivity contribution in [3.05, 3.63) is 77.6 Å². The summed E-state index contributed by atoms with van der Waals surface area (Å²) < 4.78 is 18.2. The standard InChI is InChI=1S/C20H18FN3O2S/c1-26-18-11-15-5-3-2-4-14(15)10-17(18)19(25)23-24-20(27)22-12-13-6-8-16(21)9-7-13/h2-11H,12H2,1H3,(H,23,25)(H2,22,24,27). The fourth-order valence-electron chi connectivity index (χ4n) is 2.58. The van der Waals surface area contributed by atoms with Crippen LogP contribution in [0.15, 0.2) is 60.7 Å². The van der Waals surface area contributed by atoms with Crippen LogP contribution in [0.25, 0.3) is 10.8 Å². The number of carbonyl (C=O) groups is 1. The first-order chi connectivity index (χ1) is 13.1. The summed E-state index contributed by atoms with van der Waals surface area (Å²) in [6, 6.07) is 17.3. The van der Waals surface area contributed by atoms with Gasteiger partial charge in [-0.2, -0.15) is 0 Å². The van der Waals surface area contributed by atoms with E-state index in [1.165, 1.54) is 19.2 Å². The maximum atomic E-state index is 12.9. The molecule has 5 nitrogen and oxygen atoms in total. The summed E-state index contributed by atoms with van der Waals surface area (Å²) >= 11 is 5.14. The Balaban J connectivity index is 1.60. The number of fused-ring (bicyclic) bond motifs is 1. The number of benzene rings is 3. The van der Waals surface area contributed by atoms with Crippen LogP contribution >= 0.6 is 12.2 Å². The average molecular weight is 383 g/mol. The molecule has 0 heterocycles. The summed E-state index contributed by atoms with van der Waals surface area (Å²) in [6.07, 6.45) is 0. The third-order valence-corrected chi connectivity index (χ3v) is 4.21. The number of nitrogens with one attached hydrogen (secondary N) is 3. The fraction of sp³-hybridized carbons (Fsp3) is 0.100. The first kappa shape index (κ1) is 18.6. The lowest BCUT2D eigenvalue weighted by atomic mass is 10.1. The maximum absolute atomic E-state index is 12.9. The molecule has 7 heteroatoms. The fourth-order valence-corrected chi connectivity index (χ4v) is 2.70. The predicted octanol–water partition coefficient (Wildman–Crippen LogP) is 3.30. The van der Waals surface area contributed by atoms with Crippen molar-refractivity contribution in [2.75, 3.05) is 7.11 Å². The van der Waals surface area contributed by atoms with Gasteiger partial charge in [0.05, 0.1) is 12.7 Å². The molecule has 0 unspecified atom stereocenters. The van der Waals surface area contributed by atoms with Crippen molar-refractivity contribution >= 4 is 34.0 Å². The van der Waals surface area contributed by atoms with E-state index in [9.17, 15) is 9.18 Å². The van der Waals surface area contributed by atoms with Gasteiger partial charge in [-0.15, -0.1) is 0 Å². The summed E-state index contributed by atoms with van der Waals surface area (Å²) in [6.45, 7) is 0.404. The third kappa shape index (κ3) is 4.71. The highest BCUT2D eigenvalue weighted by atomic mass is 32.1. The van der Waals surface area contributed by atoms with Crippen LogP contribution in [-0.4, -0.2) is 18.1 Å². The van der Waals surface area contributed by atoms with Crippen molar-refractivity contribution < 1.29 is 13.9 Å². The van der Waals surface area contributed by atoms with Gasteiger partial charge in [-0.1, -0.05) is 36.4 Å². The molecule has 0 fully saturated rings. The van der Waals surface area contributed by atoms with Crippen LogP contribution in [-0.2, 0) is 6.54 Å². The Labute approximate surface area is 161 Å². The second-order valence-corrected chi connectivity index (χ2v) is 6.20. The van der Waals surface area contributed by atoms with Crippen molar-refractivity contribution in [3.63, 3.8) is 0 Å². The number of amides is 1. The molecule has 0 aliphatic rings. The summed E-state index contributed by atoms with van der Waals surface area (Å²) in [7, 11) is 1.52. The molecule has 3 N–H and O–H groups in total. The number of methoxy groups -OCH3 is 1. The molecule has 0 saturated heterocycles. The molecule has 3 rings (SSSR count). The van der Waals surface area contributed by atoms with E-state index in [1.54, 1.807) is 18.2 Å². The second kappa shape index (κ2) is 8.46. The van der Waals surface area contributed by atoms with Gasteiger partial charge >= 0.3 is 0 Å². The highest BCUT2D eigenvalue weighted by molar-refractivity contribution is 7.80. The maximum Gasteiger partial charge on any atom is 0.273 e. The van der Waals surface area contributed by atoms with Gasteiger partial charge in [0.25, 0.3) is 5.91 Å². The Morgan fingerprint density at radius 2 is 1.70 bits per heavy atom. The van der Waals surface area contributed by atoms with E-state index in [0.29, 0.717) is 17.9 Å². The highest BCUT2D eigenvalue weighted by Gasteiger charge is 2.13. The lowest BCUT2D eigenvalue weighted by molar-refractivity contribution is 0.0941. The van der Waals surface area contributed by atoms with E-state index in [-0.39, 0.29) is 16.8 Å². The summed E-state index contributed by atoms with van der Waals surface area (Å²) in [5.74, 6) is -0.197. The van der Waals surface area contributed by atoms with Gasteiger partial charge < -0.3 is 10.1 Å².